The number of piperidine rings is 1. The maximum atomic E-state index is 12.0. The van der Waals surface area contributed by atoms with Gasteiger partial charge in [0.15, 0.2) is 0 Å². The van der Waals surface area contributed by atoms with Crippen molar-refractivity contribution in [3.63, 3.8) is 0 Å². The molecular weight excluding hydrogens is 272 g/mol. The molecule has 0 aliphatic carbocycles. The number of nitrogens with one attached hydrogen (secondary N) is 4. The molecule has 1 aromatic carbocycles. The molecule has 2 heterocycles. The average Bonchev–Trinajstić information content (AvgIpc) is 2.91. The number of hydrogen-bond acceptors (Lipinski definition) is 4. The molecule has 1 aromatic rings. The maximum absolute atomic E-state index is 12.0. The van der Waals surface area contributed by atoms with Crippen LogP contribution in [0.2, 0.25) is 0 Å². The summed E-state index contributed by atoms with van der Waals surface area (Å²) >= 11 is 0. The van der Waals surface area contributed by atoms with Crippen molar-refractivity contribution in [2.24, 2.45) is 0 Å². The summed E-state index contributed by atoms with van der Waals surface area (Å²) in [4.78, 5) is 34.6. The van der Waals surface area contributed by atoms with Crippen molar-refractivity contribution in [1.29, 1.82) is 0 Å². The number of hydrogen-bond donors (Lipinski definition) is 4. The smallest absolute Gasteiger partial charge is 0.319 e. The van der Waals surface area contributed by atoms with Crippen LogP contribution in [0.15, 0.2) is 18.2 Å². The molecule has 21 heavy (non-hydrogen) atoms. The SMILES string of the molecule is O=C1CCC(NC(=O)Nc2cccc3c2NCC3)C(=O)N1. The predicted octanol–water partition coefficient (Wildman–Crippen LogP) is 0.581. The predicted molar refractivity (Wildman–Crippen MR) is 77.0 cm³/mol. The third-order valence-electron chi connectivity index (χ3n) is 3.64. The van der Waals surface area contributed by atoms with Crippen LogP contribution in [0.3, 0.4) is 0 Å². The van der Waals surface area contributed by atoms with Gasteiger partial charge in [-0.3, -0.25) is 14.9 Å². The standard InChI is InChI=1S/C14H16N4O3/c19-11-5-4-10(13(20)18-11)17-14(21)16-9-3-1-2-8-6-7-15-12(8)9/h1-3,10,15H,4-7H2,(H2,16,17,21)(H,18,19,20). The molecule has 1 unspecified atom stereocenters. The second-order valence-electron chi connectivity index (χ2n) is 5.12. The molecule has 7 nitrogen and oxygen atoms in total. The summed E-state index contributed by atoms with van der Waals surface area (Å²) in [6.45, 7) is 0.850. The maximum Gasteiger partial charge on any atom is 0.319 e. The third kappa shape index (κ3) is 2.81. The van der Waals surface area contributed by atoms with Gasteiger partial charge in [-0.05, 0) is 24.5 Å². The largest absolute Gasteiger partial charge is 0.383 e. The van der Waals surface area contributed by atoms with Gasteiger partial charge in [-0.15, -0.1) is 0 Å². The van der Waals surface area contributed by atoms with Gasteiger partial charge in [-0.25, -0.2) is 4.79 Å². The number of benzene rings is 1. The van der Waals surface area contributed by atoms with E-state index in [4.69, 9.17) is 0 Å². The summed E-state index contributed by atoms with van der Waals surface area (Å²) in [5.41, 5.74) is 2.78. The van der Waals surface area contributed by atoms with E-state index in [0.717, 1.165) is 24.2 Å². The first-order chi connectivity index (χ1) is 10.1. The number of urea groups is 1. The highest BCUT2D eigenvalue weighted by molar-refractivity contribution is 6.03. The van der Waals surface area contributed by atoms with E-state index >= 15 is 0 Å². The molecular formula is C14H16N4O3. The van der Waals surface area contributed by atoms with Gasteiger partial charge in [0.2, 0.25) is 11.8 Å². The Morgan fingerprint density at radius 1 is 1.24 bits per heavy atom. The summed E-state index contributed by atoms with van der Waals surface area (Å²) in [6.07, 6.45) is 1.49. The van der Waals surface area contributed by atoms with Gasteiger partial charge in [-0.1, -0.05) is 12.1 Å². The van der Waals surface area contributed by atoms with Crippen LogP contribution in [0.4, 0.5) is 16.2 Å². The molecule has 1 saturated heterocycles. The summed E-state index contributed by atoms with van der Waals surface area (Å²) in [5.74, 6) is -0.763. The van der Waals surface area contributed by atoms with Gasteiger partial charge in [0.05, 0.1) is 11.4 Å². The van der Waals surface area contributed by atoms with Gasteiger partial charge >= 0.3 is 6.03 Å². The van der Waals surface area contributed by atoms with E-state index in [1.807, 2.05) is 12.1 Å². The molecule has 1 fully saturated rings. The van der Waals surface area contributed by atoms with Crippen molar-refractivity contribution >= 4 is 29.2 Å². The molecule has 1 atom stereocenters. The number of imide groups is 1. The van der Waals surface area contributed by atoms with Crippen LogP contribution < -0.4 is 21.3 Å². The Morgan fingerprint density at radius 2 is 2.10 bits per heavy atom. The Morgan fingerprint density at radius 3 is 2.90 bits per heavy atom. The van der Waals surface area contributed by atoms with E-state index in [2.05, 4.69) is 21.3 Å². The number of rotatable bonds is 2. The van der Waals surface area contributed by atoms with Gasteiger partial charge in [0.1, 0.15) is 6.04 Å². The highest BCUT2D eigenvalue weighted by atomic mass is 16.2. The van der Waals surface area contributed by atoms with Crippen LogP contribution in [0, 0.1) is 0 Å². The molecule has 110 valence electrons. The van der Waals surface area contributed by atoms with Gasteiger partial charge in [0.25, 0.3) is 0 Å². The first-order valence-electron chi connectivity index (χ1n) is 6.90. The van der Waals surface area contributed by atoms with Crippen LogP contribution in [-0.4, -0.2) is 30.4 Å². The summed E-state index contributed by atoms with van der Waals surface area (Å²) in [6, 6.07) is 4.58. The van der Waals surface area contributed by atoms with E-state index in [9.17, 15) is 14.4 Å². The van der Waals surface area contributed by atoms with Crippen LogP contribution in [-0.2, 0) is 16.0 Å². The fourth-order valence-corrected chi connectivity index (χ4v) is 2.59. The van der Waals surface area contributed by atoms with Gasteiger partial charge in [-0.2, -0.15) is 0 Å². The van der Waals surface area contributed by atoms with E-state index in [1.54, 1.807) is 6.07 Å². The minimum Gasteiger partial charge on any atom is -0.383 e. The summed E-state index contributed by atoms with van der Waals surface area (Å²) < 4.78 is 0. The molecule has 4 amide bonds. The Bertz CT molecular complexity index is 614. The summed E-state index contributed by atoms with van der Waals surface area (Å²) in [7, 11) is 0. The van der Waals surface area contributed by atoms with Crippen molar-refractivity contribution in [2.45, 2.75) is 25.3 Å². The Balaban J connectivity index is 1.64. The van der Waals surface area contributed by atoms with E-state index in [1.165, 1.54) is 0 Å². The van der Waals surface area contributed by atoms with Gasteiger partial charge < -0.3 is 16.0 Å². The normalized spacial score (nSPS) is 20.3. The van der Waals surface area contributed by atoms with Crippen molar-refractivity contribution < 1.29 is 14.4 Å². The van der Waals surface area contributed by atoms with Crippen LogP contribution in [0.25, 0.3) is 0 Å². The molecule has 7 heteroatoms. The highest BCUT2D eigenvalue weighted by Gasteiger charge is 2.28. The fourth-order valence-electron chi connectivity index (χ4n) is 2.59. The zero-order valence-electron chi connectivity index (χ0n) is 11.4. The highest BCUT2D eigenvalue weighted by Crippen LogP contribution is 2.30. The van der Waals surface area contributed by atoms with E-state index in [0.29, 0.717) is 12.1 Å². The quantitative estimate of drug-likeness (QED) is 0.598. The first-order valence-corrected chi connectivity index (χ1v) is 6.90. The molecule has 4 N–H and O–H groups in total. The fraction of sp³-hybridized carbons (Fsp3) is 0.357. The zero-order chi connectivity index (χ0) is 14.8. The van der Waals surface area contributed by atoms with Crippen molar-refractivity contribution in [3.05, 3.63) is 23.8 Å². The van der Waals surface area contributed by atoms with E-state index in [-0.39, 0.29) is 12.3 Å². The number of para-hydroxylation sites is 1. The van der Waals surface area contributed by atoms with Crippen LogP contribution in [0.5, 0.6) is 0 Å². The molecule has 2 aliphatic rings. The second-order valence-corrected chi connectivity index (χ2v) is 5.12. The van der Waals surface area contributed by atoms with Crippen LogP contribution in [0.1, 0.15) is 18.4 Å². The van der Waals surface area contributed by atoms with E-state index < -0.39 is 18.0 Å². The molecule has 2 aliphatic heterocycles. The Labute approximate surface area is 121 Å². The molecule has 0 radical (unpaired) electrons. The first kappa shape index (κ1) is 13.4. The molecule has 0 bridgehead atoms. The lowest BCUT2D eigenvalue weighted by atomic mass is 10.1. The zero-order valence-corrected chi connectivity index (χ0v) is 11.4. The minimum atomic E-state index is -0.674. The lowest BCUT2D eigenvalue weighted by Crippen LogP contribution is -2.53. The number of fused-ring (bicyclic) bond motifs is 1. The van der Waals surface area contributed by atoms with Crippen molar-refractivity contribution in [1.82, 2.24) is 10.6 Å². The topological polar surface area (TPSA) is 99.3 Å². The average molecular weight is 288 g/mol. The number of amides is 4. The summed E-state index contributed by atoms with van der Waals surface area (Å²) in [5, 5.41) is 10.8. The van der Waals surface area contributed by atoms with Gasteiger partial charge in [0, 0.05) is 13.0 Å². The monoisotopic (exact) mass is 288 g/mol. The minimum absolute atomic E-state index is 0.235. The molecule has 0 spiro atoms. The Kier molecular flexibility index (Phi) is 3.47. The van der Waals surface area contributed by atoms with Crippen molar-refractivity contribution in [2.75, 3.05) is 17.2 Å². The lowest BCUT2D eigenvalue weighted by molar-refractivity contribution is -0.134. The third-order valence-corrected chi connectivity index (χ3v) is 3.64. The lowest BCUT2D eigenvalue weighted by Gasteiger charge is -2.22. The molecule has 3 rings (SSSR count). The Hall–Kier alpha value is -2.57. The molecule has 0 saturated carbocycles. The number of anilines is 2. The number of carbonyl (C=O) groups is 3. The number of carbonyl (C=O) groups excluding carboxylic acids is 3. The molecule has 0 aromatic heterocycles. The van der Waals surface area contributed by atoms with Crippen molar-refractivity contribution in [3.8, 4) is 0 Å². The van der Waals surface area contributed by atoms with Crippen LogP contribution >= 0.6 is 0 Å². The second kappa shape index (κ2) is 5.43.